The van der Waals surface area contributed by atoms with Gasteiger partial charge in [0.25, 0.3) is 0 Å². The monoisotopic (exact) mass is 210 g/mol. The molecule has 1 aliphatic heterocycles. The summed E-state index contributed by atoms with van der Waals surface area (Å²) in [6.07, 6.45) is 8.41. The molecule has 3 nitrogen and oxygen atoms in total. The first kappa shape index (κ1) is 11.1. The van der Waals surface area contributed by atoms with Gasteiger partial charge in [0.05, 0.1) is 6.10 Å². The van der Waals surface area contributed by atoms with Crippen molar-refractivity contribution in [3.8, 4) is 0 Å². The van der Waals surface area contributed by atoms with E-state index in [4.69, 9.17) is 10.5 Å². The number of hydrogen-bond acceptors (Lipinski definition) is 3. The van der Waals surface area contributed by atoms with Crippen molar-refractivity contribution in [2.75, 3.05) is 26.7 Å². The summed E-state index contributed by atoms with van der Waals surface area (Å²) in [5.74, 6) is 0.680. The number of hydrogen-bond donors (Lipinski definition) is 1. The van der Waals surface area contributed by atoms with Gasteiger partial charge in [-0.15, -0.1) is 0 Å². The van der Waals surface area contributed by atoms with Gasteiger partial charge in [0, 0.05) is 32.8 Å². The van der Waals surface area contributed by atoms with Gasteiger partial charge in [0.2, 0.25) is 0 Å². The van der Waals surface area contributed by atoms with Crippen LogP contribution in [0.1, 0.15) is 19.3 Å². The molecule has 0 amide bonds. The first-order chi connectivity index (χ1) is 7.28. The van der Waals surface area contributed by atoms with Crippen molar-refractivity contribution in [2.24, 2.45) is 11.7 Å². The van der Waals surface area contributed by atoms with E-state index in [1.165, 1.54) is 32.5 Å². The predicted molar refractivity (Wildman–Crippen MR) is 61.7 cm³/mol. The average Bonchev–Trinajstić information content (AvgIpc) is 2.65. The minimum absolute atomic E-state index is 0.298. The lowest BCUT2D eigenvalue weighted by molar-refractivity contribution is 0.0382. The van der Waals surface area contributed by atoms with Crippen LogP contribution in [-0.2, 0) is 4.74 Å². The fourth-order valence-electron chi connectivity index (χ4n) is 2.60. The molecule has 0 aromatic heterocycles. The van der Waals surface area contributed by atoms with Crippen molar-refractivity contribution < 1.29 is 4.74 Å². The molecule has 0 aromatic carbocycles. The van der Waals surface area contributed by atoms with Crippen molar-refractivity contribution in [3.63, 3.8) is 0 Å². The van der Waals surface area contributed by atoms with Crippen molar-refractivity contribution in [1.29, 1.82) is 0 Å². The standard InChI is InChI=1S/C12H22N2O/c1-15-12-4-6-14(7-5-12)9-10-2-3-11(13)8-10/h2-3,10-12H,4-9,13H2,1H3. The topological polar surface area (TPSA) is 38.5 Å². The molecular weight excluding hydrogens is 188 g/mol. The quantitative estimate of drug-likeness (QED) is 0.706. The third-order valence-electron chi connectivity index (χ3n) is 3.57. The Balaban J connectivity index is 1.71. The Morgan fingerprint density at radius 3 is 2.60 bits per heavy atom. The van der Waals surface area contributed by atoms with Gasteiger partial charge in [-0.05, 0) is 25.2 Å². The largest absolute Gasteiger partial charge is 0.381 e. The number of nitrogens with two attached hydrogens (primary N) is 1. The van der Waals surface area contributed by atoms with E-state index in [1.807, 2.05) is 7.11 Å². The highest BCUT2D eigenvalue weighted by molar-refractivity contribution is 5.05. The average molecular weight is 210 g/mol. The van der Waals surface area contributed by atoms with Crippen LogP contribution in [-0.4, -0.2) is 43.8 Å². The molecule has 1 aliphatic carbocycles. The third kappa shape index (κ3) is 3.03. The molecule has 2 aliphatic rings. The second-order valence-corrected chi connectivity index (χ2v) is 4.78. The number of methoxy groups -OCH3 is 1. The lowest BCUT2D eigenvalue weighted by Crippen LogP contribution is -2.39. The normalized spacial score (nSPS) is 33.7. The van der Waals surface area contributed by atoms with Gasteiger partial charge >= 0.3 is 0 Å². The lowest BCUT2D eigenvalue weighted by atomic mass is 10.0. The van der Waals surface area contributed by atoms with Crippen molar-refractivity contribution in [3.05, 3.63) is 12.2 Å². The van der Waals surface area contributed by atoms with Crippen molar-refractivity contribution in [1.82, 2.24) is 4.90 Å². The van der Waals surface area contributed by atoms with Crippen LogP contribution in [0.3, 0.4) is 0 Å². The van der Waals surface area contributed by atoms with E-state index < -0.39 is 0 Å². The molecule has 2 N–H and O–H groups in total. The Labute approximate surface area is 92.3 Å². The van der Waals surface area contributed by atoms with Crippen LogP contribution in [0.2, 0.25) is 0 Å². The molecular formula is C12H22N2O. The summed E-state index contributed by atoms with van der Waals surface area (Å²) in [7, 11) is 1.82. The summed E-state index contributed by atoms with van der Waals surface area (Å²) in [5.41, 5.74) is 5.85. The van der Waals surface area contributed by atoms with Crippen molar-refractivity contribution in [2.45, 2.75) is 31.4 Å². The van der Waals surface area contributed by atoms with E-state index in [2.05, 4.69) is 17.1 Å². The van der Waals surface area contributed by atoms with Gasteiger partial charge in [0.15, 0.2) is 0 Å². The van der Waals surface area contributed by atoms with Crippen LogP contribution in [0.15, 0.2) is 12.2 Å². The molecule has 0 saturated carbocycles. The summed E-state index contributed by atoms with van der Waals surface area (Å²) in [6.45, 7) is 3.54. The second kappa shape index (κ2) is 5.10. The highest BCUT2D eigenvalue weighted by Gasteiger charge is 2.22. The Hall–Kier alpha value is -0.380. The van der Waals surface area contributed by atoms with Crippen molar-refractivity contribution >= 4 is 0 Å². The maximum Gasteiger partial charge on any atom is 0.0595 e. The summed E-state index contributed by atoms with van der Waals surface area (Å²) < 4.78 is 5.37. The number of rotatable bonds is 3. The molecule has 2 rings (SSSR count). The fourth-order valence-corrected chi connectivity index (χ4v) is 2.60. The minimum Gasteiger partial charge on any atom is -0.381 e. The molecule has 3 heteroatoms. The van der Waals surface area contributed by atoms with E-state index in [9.17, 15) is 0 Å². The summed E-state index contributed by atoms with van der Waals surface area (Å²) in [4.78, 5) is 2.54. The Morgan fingerprint density at radius 1 is 1.33 bits per heavy atom. The van der Waals surface area contributed by atoms with Gasteiger partial charge < -0.3 is 15.4 Å². The summed E-state index contributed by atoms with van der Waals surface area (Å²) >= 11 is 0. The van der Waals surface area contributed by atoms with Crippen LogP contribution < -0.4 is 5.73 Å². The Morgan fingerprint density at radius 2 is 2.07 bits per heavy atom. The van der Waals surface area contributed by atoms with E-state index in [1.54, 1.807) is 0 Å². The maximum absolute atomic E-state index is 5.85. The molecule has 0 spiro atoms. The molecule has 2 unspecified atom stereocenters. The molecule has 2 atom stereocenters. The Kier molecular flexibility index (Phi) is 3.78. The van der Waals surface area contributed by atoms with Crippen LogP contribution in [0.5, 0.6) is 0 Å². The van der Waals surface area contributed by atoms with Gasteiger partial charge in [-0.25, -0.2) is 0 Å². The van der Waals surface area contributed by atoms with Gasteiger partial charge in [0.1, 0.15) is 0 Å². The first-order valence-corrected chi connectivity index (χ1v) is 5.97. The predicted octanol–water partition coefficient (Wildman–Crippen LogP) is 1.00. The minimum atomic E-state index is 0.298. The zero-order valence-electron chi connectivity index (χ0n) is 9.56. The number of ether oxygens (including phenoxy) is 1. The summed E-state index contributed by atoms with van der Waals surface area (Å²) in [6, 6.07) is 0.298. The maximum atomic E-state index is 5.85. The number of likely N-dealkylation sites (tertiary alicyclic amines) is 1. The zero-order chi connectivity index (χ0) is 10.7. The van der Waals surface area contributed by atoms with E-state index in [0.717, 1.165) is 6.42 Å². The SMILES string of the molecule is COC1CCN(CC2C=CC(N)C2)CC1. The number of nitrogens with zero attached hydrogens (tertiary/aromatic N) is 1. The van der Waals surface area contributed by atoms with E-state index in [0.29, 0.717) is 18.1 Å². The molecule has 1 saturated heterocycles. The van der Waals surface area contributed by atoms with Crippen LogP contribution in [0.25, 0.3) is 0 Å². The van der Waals surface area contributed by atoms with Gasteiger partial charge in [-0.2, -0.15) is 0 Å². The fraction of sp³-hybridized carbons (Fsp3) is 0.833. The molecule has 86 valence electrons. The van der Waals surface area contributed by atoms with Crippen LogP contribution in [0, 0.1) is 5.92 Å². The molecule has 0 aromatic rings. The molecule has 0 bridgehead atoms. The van der Waals surface area contributed by atoms with Crippen LogP contribution in [0.4, 0.5) is 0 Å². The highest BCUT2D eigenvalue weighted by Crippen LogP contribution is 2.20. The van der Waals surface area contributed by atoms with Crippen LogP contribution >= 0.6 is 0 Å². The molecule has 0 radical (unpaired) electrons. The molecule has 15 heavy (non-hydrogen) atoms. The lowest BCUT2D eigenvalue weighted by Gasteiger charge is -2.32. The van der Waals surface area contributed by atoms with Gasteiger partial charge in [-0.1, -0.05) is 12.2 Å². The summed E-state index contributed by atoms with van der Waals surface area (Å²) in [5, 5.41) is 0. The smallest absolute Gasteiger partial charge is 0.0595 e. The van der Waals surface area contributed by atoms with E-state index >= 15 is 0 Å². The Bertz CT molecular complexity index is 222. The zero-order valence-corrected chi connectivity index (χ0v) is 9.56. The molecule has 1 fully saturated rings. The van der Waals surface area contributed by atoms with E-state index in [-0.39, 0.29) is 0 Å². The third-order valence-corrected chi connectivity index (χ3v) is 3.57. The number of piperidine rings is 1. The second-order valence-electron chi connectivity index (χ2n) is 4.78. The van der Waals surface area contributed by atoms with Gasteiger partial charge in [-0.3, -0.25) is 0 Å². The highest BCUT2D eigenvalue weighted by atomic mass is 16.5. The molecule has 1 heterocycles. The first-order valence-electron chi connectivity index (χ1n) is 5.97.